The molecule has 0 saturated heterocycles. The summed E-state index contributed by atoms with van der Waals surface area (Å²) >= 11 is 0. The first-order chi connectivity index (χ1) is 14.4. The Morgan fingerprint density at radius 3 is 2.33 bits per heavy atom. The van der Waals surface area contributed by atoms with Crippen molar-refractivity contribution in [3.63, 3.8) is 0 Å². The van der Waals surface area contributed by atoms with Crippen molar-refractivity contribution >= 4 is 49.0 Å². The molecule has 0 aliphatic heterocycles. The topological polar surface area (TPSA) is 8.29 Å². The van der Waals surface area contributed by atoms with Gasteiger partial charge in [-0.05, 0) is 66.5 Å². The number of benzene rings is 3. The second kappa shape index (κ2) is 5.72. The van der Waals surface area contributed by atoms with Gasteiger partial charge in [-0.3, -0.25) is 0 Å². The standard InChI is InChI=1S/C28H27N2/c1-15(2)20-13-19-11-12-29(6)28-24-17(4)7-9-21-25-18(5)16(3)8-10-22(25)30(27(21)24)23(14-20)26(19)28/h7-15H,1-6H3/q+1. The van der Waals surface area contributed by atoms with Crippen molar-refractivity contribution in [2.75, 3.05) is 0 Å². The lowest BCUT2D eigenvalue weighted by Crippen LogP contribution is -2.29. The summed E-state index contributed by atoms with van der Waals surface area (Å²) in [6.45, 7) is 11.3. The van der Waals surface area contributed by atoms with E-state index in [0.29, 0.717) is 5.92 Å². The molecule has 0 aliphatic carbocycles. The van der Waals surface area contributed by atoms with Gasteiger partial charge in [0.05, 0.1) is 27.3 Å². The first-order valence-corrected chi connectivity index (χ1v) is 10.9. The zero-order chi connectivity index (χ0) is 20.9. The van der Waals surface area contributed by atoms with Crippen molar-refractivity contribution in [2.45, 2.75) is 40.5 Å². The zero-order valence-corrected chi connectivity index (χ0v) is 18.6. The Kier molecular flexibility index (Phi) is 3.38. The zero-order valence-electron chi connectivity index (χ0n) is 18.6. The Balaban J connectivity index is 2.09. The van der Waals surface area contributed by atoms with Crippen LogP contribution in [0.15, 0.2) is 48.7 Å². The highest BCUT2D eigenvalue weighted by Gasteiger charge is 2.25. The lowest BCUT2D eigenvalue weighted by Gasteiger charge is -2.15. The average Bonchev–Trinajstić information content (AvgIpc) is 3.06. The summed E-state index contributed by atoms with van der Waals surface area (Å²) in [5.74, 6) is 0.489. The van der Waals surface area contributed by atoms with Crippen LogP contribution in [-0.2, 0) is 7.05 Å². The quantitative estimate of drug-likeness (QED) is 0.164. The summed E-state index contributed by atoms with van der Waals surface area (Å²) in [6, 6.07) is 16.3. The maximum atomic E-state index is 2.54. The van der Waals surface area contributed by atoms with Crippen LogP contribution in [0.4, 0.5) is 0 Å². The summed E-state index contributed by atoms with van der Waals surface area (Å²) in [7, 11) is 2.18. The van der Waals surface area contributed by atoms with Gasteiger partial charge in [0, 0.05) is 16.8 Å². The number of aromatic nitrogens is 2. The van der Waals surface area contributed by atoms with E-state index in [1.165, 1.54) is 71.3 Å². The molecular formula is C28H27N2+. The number of hydrogen-bond donors (Lipinski definition) is 0. The number of pyridine rings is 2. The van der Waals surface area contributed by atoms with Gasteiger partial charge in [0.15, 0.2) is 6.20 Å². The van der Waals surface area contributed by atoms with E-state index in [9.17, 15) is 0 Å². The van der Waals surface area contributed by atoms with Crippen molar-refractivity contribution < 1.29 is 4.57 Å². The molecule has 2 nitrogen and oxygen atoms in total. The van der Waals surface area contributed by atoms with Gasteiger partial charge in [-0.2, -0.15) is 0 Å². The third-order valence-corrected chi connectivity index (χ3v) is 7.22. The molecule has 0 saturated carbocycles. The van der Waals surface area contributed by atoms with Gasteiger partial charge in [-0.15, -0.1) is 0 Å². The van der Waals surface area contributed by atoms with Gasteiger partial charge in [0.2, 0.25) is 5.52 Å². The lowest BCUT2D eigenvalue weighted by molar-refractivity contribution is -0.643. The van der Waals surface area contributed by atoms with Gasteiger partial charge < -0.3 is 4.40 Å². The van der Waals surface area contributed by atoms with Crippen LogP contribution in [-0.4, -0.2) is 4.40 Å². The Morgan fingerprint density at radius 2 is 1.57 bits per heavy atom. The van der Waals surface area contributed by atoms with Gasteiger partial charge in [-0.1, -0.05) is 38.1 Å². The first kappa shape index (κ1) is 17.7. The summed E-state index contributed by atoms with van der Waals surface area (Å²) in [5, 5.41) is 6.83. The van der Waals surface area contributed by atoms with Crippen molar-refractivity contribution in [1.82, 2.24) is 4.40 Å². The molecule has 2 heteroatoms. The van der Waals surface area contributed by atoms with E-state index in [1.54, 1.807) is 0 Å². The fraction of sp³-hybridized carbons (Fsp3) is 0.250. The third kappa shape index (κ3) is 2.01. The highest BCUT2D eigenvalue weighted by atomic mass is 15.0. The molecule has 148 valence electrons. The molecule has 3 heterocycles. The number of fused-ring (bicyclic) bond motifs is 5. The van der Waals surface area contributed by atoms with Crippen LogP contribution in [0.1, 0.15) is 42.0 Å². The second-order valence-electron chi connectivity index (χ2n) is 9.32. The molecule has 0 N–H and O–H groups in total. The highest BCUT2D eigenvalue weighted by molar-refractivity contribution is 6.26. The Bertz CT molecular complexity index is 1650. The van der Waals surface area contributed by atoms with Crippen LogP contribution >= 0.6 is 0 Å². The van der Waals surface area contributed by atoms with Crippen molar-refractivity contribution in [3.8, 4) is 0 Å². The van der Waals surface area contributed by atoms with E-state index in [2.05, 4.69) is 99.3 Å². The number of hydrogen-bond acceptors (Lipinski definition) is 0. The van der Waals surface area contributed by atoms with E-state index in [-0.39, 0.29) is 0 Å². The number of nitrogens with zero attached hydrogens (tertiary/aromatic N) is 2. The molecule has 0 fully saturated rings. The van der Waals surface area contributed by atoms with Crippen molar-refractivity contribution in [1.29, 1.82) is 0 Å². The Morgan fingerprint density at radius 1 is 0.800 bits per heavy atom. The molecule has 0 radical (unpaired) electrons. The summed E-state index contributed by atoms with van der Waals surface area (Å²) in [5.41, 5.74) is 10.8. The summed E-state index contributed by atoms with van der Waals surface area (Å²) in [4.78, 5) is 0. The maximum absolute atomic E-state index is 2.54. The van der Waals surface area contributed by atoms with Gasteiger partial charge in [0.25, 0.3) is 0 Å². The van der Waals surface area contributed by atoms with E-state index < -0.39 is 0 Å². The Labute approximate surface area is 176 Å². The minimum absolute atomic E-state index is 0.489. The predicted molar refractivity (Wildman–Crippen MR) is 128 cm³/mol. The smallest absolute Gasteiger partial charge is 0.224 e. The van der Waals surface area contributed by atoms with E-state index >= 15 is 0 Å². The van der Waals surface area contributed by atoms with E-state index in [0.717, 1.165) is 0 Å². The van der Waals surface area contributed by atoms with Gasteiger partial charge in [0.1, 0.15) is 7.05 Å². The molecule has 0 bridgehead atoms. The first-order valence-electron chi connectivity index (χ1n) is 10.9. The number of aryl methyl sites for hydroxylation is 4. The molecule has 0 aliphatic rings. The predicted octanol–water partition coefficient (Wildman–Crippen LogP) is 6.86. The van der Waals surface area contributed by atoms with Crippen LogP contribution < -0.4 is 4.57 Å². The molecule has 6 aromatic rings. The Hall–Kier alpha value is -3.13. The molecule has 0 unspecified atom stereocenters. The second-order valence-corrected chi connectivity index (χ2v) is 9.32. The molecular weight excluding hydrogens is 364 g/mol. The molecule has 0 amide bonds. The van der Waals surface area contributed by atoms with Crippen molar-refractivity contribution in [2.24, 2.45) is 7.05 Å². The number of rotatable bonds is 1. The van der Waals surface area contributed by atoms with Crippen LogP contribution in [0.3, 0.4) is 0 Å². The molecule has 6 rings (SSSR count). The maximum Gasteiger partial charge on any atom is 0.224 e. The van der Waals surface area contributed by atoms with Crippen LogP contribution in [0.25, 0.3) is 49.0 Å². The lowest BCUT2D eigenvalue weighted by atomic mass is 9.95. The molecule has 0 spiro atoms. The fourth-order valence-electron chi connectivity index (χ4n) is 5.44. The van der Waals surface area contributed by atoms with Gasteiger partial charge >= 0.3 is 0 Å². The van der Waals surface area contributed by atoms with Crippen molar-refractivity contribution in [3.05, 3.63) is 70.9 Å². The summed E-state index contributed by atoms with van der Waals surface area (Å²) < 4.78 is 4.85. The monoisotopic (exact) mass is 391 g/mol. The normalized spacial score (nSPS) is 12.6. The minimum Gasteiger partial charge on any atom is -0.307 e. The van der Waals surface area contributed by atoms with Crippen LogP contribution in [0.5, 0.6) is 0 Å². The van der Waals surface area contributed by atoms with Crippen LogP contribution in [0, 0.1) is 20.8 Å². The fourth-order valence-corrected chi connectivity index (χ4v) is 5.44. The van der Waals surface area contributed by atoms with Crippen LogP contribution in [0.2, 0.25) is 0 Å². The SMILES string of the molecule is Cc1ccc2c(c1C)c1ccc(C)c3c1n2c1cc(C(C)C)cc2cc[n+](C)c3c21. The largest absolute Gasteiger partial charge is 0.307 e. The average molecular weight is 392 g/mol. The summed E-state index contributed by atoms with van der Waals surface area (Å²) in [6.07, 6.45) is 2.22. The highest BCUT2D eigenvalue weighted by Crippen LogP contribution is 2.42. The minimum atomic E-state index is 0.489. The molecule has 0 atom stereocenters. The molecule has 3 aromatic heterocycles. The van der Waals surface area contributed by atoms with Gasteiger partial charge in [-0.25, -0.2) is 4.57 Å². The van der Waals surface area contributed by atoms with E-state index in [1.807, 2.05) is 0 Å². The van der Waals surface area contributed by atoms with E-state index in [4.69, 9.17) is 0 Å². The molecule has 3 aromatic carbocycles. The third-order valence-electron chi connectivity index (χ3n) is 7.22. The molecule has 30 heavy (non-hydrogen) atoms.